The number of nitrogens with one attached hydrogen (secondary N) is 1. The van der Waals surface area contributed by atoms with E-state index in [0.29, 0.717) is 11.9 Å². The summed E-state index contributed by atoms with van der Waals surface area (Å²) in [7, 11) is 1.91. The lowest BCUT2D eigenvalue weighted by Gasteiger charge is -2.33. The molecule has 0 saturated carbocycles. The number of rotatable bonds is 6. The van der Waals surface area contributed by atoms with Gasteiger partial charge in [0.2, 0.25) is 5.95 Å². The molecule has 6 heteroatoms. The van der Waals surface area contributed by atoms with E-state index >= 15 is 0 Å². The standard InChI is InChI=1S/C21H26N6/c1-26-15-19(14-24-26)20-9-10-22-21(25-20)23-11-13-27-12-5-8-18(16-27)17-6-3-2-4-7-17/h2-4,6-7,9-10,14-15,18H,5,8,11-13,16H2,1H3,(H,22,23,25)/t18-/m1/s1. The molecule has 1 aliphatic rings. The Balaban J connectivity index is 1.31. The fourth-order valence-corrected chi connectivity index (χ4v) is 3.74. The molecule has 0 radical (unpaired) electrons. The van der Waals surface area contributed by atoms with Crippen LogP contribution in [0.15, 0.2) is 55.0 Å². The summed E-state index contributed by atoms with van der Waals surface area (Å²) in [5.74, 6) is 1.32. The summed E-state index contributed by atoms with van der Waals surface area (Å²) in [6.45, 7) is 4.14. The molecule has 3 heterocycles. The van der Waals surface area contributed by atoms with Crippen LogP contribution in [0.4, 0.5) is 5.95 Å². The second kappa shape index (κ2) is 8.31. The number of aryl methyl sites for hydroxylation is 1. The fourth-order valence-electron chi connectivity index (χ4n) is 3.74. The van der Waals surface area contributed by atoms with Gasteiger partial charge in [0.25, 0.3) is 0 Å². The van der Waals surface area contributed by atoms with E-state index in [4.69, 9.17) is 0 Å². The highest BCUT2D eigenvalue weighted by Crippen LogP contribution is 2.26. The number of aromatic nitrogens is 4. The van der Waals surface area contributed by atoms with Gasteiger partial charge in [-0.05, 0) is 36.9 Å². The average molecular weight is 362 g/mol. The smallest absolute Gasteiger partial charge is 0.223 e. The second-order valence-electron chi connectivity index (χ2n) is 7.15. The summed E-state index contributed by atoms with van der Waals surface area (Å²) in [5.41, 5.74) is 3.36. The van der Waals surface area contributed by atoms with Crippen molar-refractivity contribution in [1.82, 2.24) is 24.6 Å². The first-order valence-electron chi connectivity index (χ1n) is 9.61. The summed E-state index contributed by atoms with van der Waals surface area (Å²) in [4.78, 5) is 11.5. The van der Waals surface area contributed by atoms with Crippen molar-refractivity contribution in [2.24, 2.45) is 7.05 Å². The van der Waals surface area contributed by atoms with E-state index in [1.165, 1.54) is 24.9 Å². The van der Waals surface area contributed by atoms with Crippen molar-refractivity contribution in [3.05, 3.63) is 60.6 Å². The first-order chi connectivity index (χ1) is 13.3. The maximum atomic E-state index is 4.61. The molecule has 140 valence electrons. The highest BCUT2D eigenvalue weighted by molar-refractivity contribution is 5.57. The Morgan fingerprint density at radius 2 is 2.07 bits per heavy atom. The molecule has 2 aromatic heterocycles. The number of hydrogen-bond acceptors (Lipinski definition) is 5. The lowest BCUT2D eigenvalue weighted by molar-refractivity contribution is 0.215. The molecule has 0 spiro atoms. The highest BCUT2D eigenvalue weighted by atomic mass is 15.2. The summed E-state index contributed by atoms with van der Waals surface area (Å²) >= 11 is 0. The van der Waals surface area contributed by atoms with Gasteiger partial charge in [-0.3, -0.25) is 4.68 Å². The number of hydrogen-bond donors (Lipinski definition) is 1. The Morgan fingerprint density at radius 3 is 2.89 bits per heavy atom. The first kappa shape index (κ1) is 17.7. The minimum absolute atomic E-state index is 0.644. The zero-order valence-electron chi connectivity index (χ0n) is 15.8. The molecule has 0 aliphatic carbocycles. The quantitative estimate of drug-likeness (QED) is 0.730. The number of likely N-dealkylation sites (tertiary alicyclic amines) is 1. The van der Waals surface area contributed by atoms with Crippen molar-refractivity contribution in [3.8, 4) is 11.3 Å². The molecular weight excluding hydrogens is 336 g/mol. The lowest BCUT2D eigenvalue weighted by atomic mass is 9.91. The second-order valence-corrected chi connectivity index (χ2v) is 7.15. The zero-order valence-corrected chi connectivity index (χ0v) is 15.8. The third-order valence-corrected chi connectivity index (χ3v) is 5.14. The number of anilines is 1. The Labute approximate surface area is 160 Å². The minimum atomic E-state index is 0.644. The molecular formula is C21H26N6. The van der Waals surface area contributed by atoms with Gasteiger partial charge in [0, 0.05) is 44.6 Å². The van der Waals surface area contributed by atoms with Gasteiger partial charge in [0.1, 0.15) is 0 Å². The predicted octanol–water partition coefficient (Wildman–Crippen LogP) is 3.17. The number of nitrogens with zero attached hydrogens (tertiary/aromatic N) is 5. The van der Waals surface area contributed by atoms with Crippen LogP contribution >= 0.6 is 0 Å². The van der Waals surface area contributed by atoms with Crippen LogP contribution in [0.25, 0.3) is 11.3 Å². The van der Waals surface area contributed by atoms with E-state index in [-0.39, 0.29) is 0 Å². The van der Waals surface area contributed by atoms with Crippen LogP contribution in [0.3, 0.4) is 0 Å². The predicted molar refractivity (Wildman–Crippen MR) is 108 cm³/mol. The van der Waals surface area contributed by atoms with Crippen LogP contribution in [-0.4, -0.2) is 50.8 Å². The Hall–Kier alpha value is -2.73. The van der Waals surface area contributed by atoms with Gasteiger partial charge in [-0.15, -0.1) is 0 Å². The van der Waals surface area contributed by atoms with Gasteiger partial charge in [0.15, 0.2) is 0 Å². The van der Waals surface area contributed by atoms with Crippen LogP contribution in [-0.2, 0) is 7.05 Å². The van der Waals surface area contributed by atoms with Gasteiger partial charge in [-0.25, -0.2) is 9.97 Å². The Bertz CT molecular complexity index is 860. The monoisotopic (exact) mass is 362 g/mol. The van der Waals surface area contributed by atoms with Gasteiger partial charge < -0.3 is 10.2 Å². The third-order valence-electron chi connectivity index (χ3n) is 5.14. The van der Waals surface area contributed by atoms with E-state index in [1.807, 2.05) is 25.5 Å². The molecule has 1 saturated heterocycles. The minimum Gasteiger partial charge on any atom is -0.353 e. The Kier molecular flexibility index (Phi) is 5.44. The SMILES string of the molecule is Cn1cc(-c2ccnc(NCCN3CCC[C@@H](c4ccccc4)C3)n2)cn1. The Morgan fingerprint density at radius 1 is 1.19 bits per heavy atom. The number of benzene rings is 1. The summed E-state index contributed by atoms with van der Waals surface area (Å²) in [6.07, 6.45) is 8.12. The maximum absolute atomic E-state index is 4.61. The topological polar surface area (TPSA) is 58.9 Å². The molecule has 3 aromatic rings. The van der Waals surface area contributed by atoms with Crippen molar-refractivity contribution < 1.29 is 0 Å². The van der Waals surface area contributed by atoms with E-state index in [1.54, 1.807) is 10.9 Å². The van der Waals surface area contributed by atoms with Gasteiger partial charge in [0.05, 0.1) is 11.9 Å². The average Bonchev–Trinajstić information content (AvgIpc) is 3.16. The molecule has 6 nitrogen and oxygen atoms in total. The molecule has 0 amide bonds. The highest BCUT2D eigenvalue weighted by Gasteiger charge is 2.20. The summed E-state index contributed by atoms with van der Waals surface area (Å²) in [5, 5.41) is 7.58. The van der Waals surface area contributed by atoms with Gasteiger partial charge in [-0.2, -0.15) is 5.10 Å². The molecule has 27 heavy (non-hydrogen) atoms. The normalized spacial score (nSPS) is 17.7. The van der Waals surface area contributed by atoms with Crippen LogP contribution in [0.2, 0.25) is 0 Å². The van der Waals surface area contributed by atoms with E-state index in [9.17, 15) is 0 Å². The zero-order chi connectivity index (χ0) is 18.5. The van der Waals surface area contributed by atoms with Gasteiger partial charge in [-0.1, -0.05) is 30.3 Å². The molecule has 0 bridgehead atoms. The van der Waals surface area contributed by atoms with Gasteiger partial charge >= 0.3 is 0 Å². The molecule has 4 rings (SSSR count). The summed E-state index contributed by atoms with van der Waals surface area (Å²) in [6, 6.07) is 12.8. The van der Waals surface area contributed by atoms with E-state index in [0.717, 1.165) is 30.9 Å². The van der Waals surface area contributed by atoms with Crippen molar-refractivity contribution >= 4 is 5.95 Å². The number of piperidine rings is 1. The first-order valence-corrected chi connectivity index (χ1v) is 9.61. The van der Waals surface area contributed by atoms with Crippen LogP contribution < -0.4 is 5.32 Å². The largest absolute Gasteiger partial charge is 0.353 e. The van der Waals surface area contributed by atoms with Crippen molar-refractivity contribution in [2.45, 2.75) is 18.8 Å². The molecule has 1 N–H and O–H groups in total. The molecule has 1 atom stereocenters. The molecule has 1 fully saturated rings. The van der Waals surface area contributed by atoms with E-state index < -0.39 is 0 Å². The van der Waals surface area contributed by atoms with Crippen molar-refractivity contribution in [2.75, 3.05) is 31.5 Å². The maximum Gasteiger partial charge on any atom is 0.223 e. The van der Waals surface area contributed by atoms with Crippen LogP contribution in [0, 0.1) is 0 Å². The van der Waals surface area contributed by atoms with E-state index in [2.05, 4.69) is 55.6 Å². The van der Waals surface area contributed by atoms with Crippen molar-refractivity contribution in [1.29, 1.82) is 0 Å². The van der Waals surface area contributed by atoms with Crippen LogP contribution in [0.5, 0.6) is 0 Å². The third kappa shape index (κ3) is 4.52. The summed E-state index contributed by atoms with van der Waals surface area (Å²) < 4.78 is 1.78. The molecule has 1 aliphatic heterocycles. The van der Waals surface area contributed by atoms with Crippen LogP contribution in [0.1, 0.15) is 24.3 Å². The molecule has 0 unspecified atom stereocenters. The molecule has 1 aromatic carbocycles. The lowest BCUT2D eigenvalue weighted by Crippen LogP contribution is -2.37. The van der Waals surface area contributed by atoms with Crippen molar-refractivity contribution in [3.63, 3.8) is 0 Å². The fraction of sp³-hybridized carbons (Fsp3) is 0.381.